The average molecular weight is 1340 g/mol. The Kier molecular flexibility index (Phi) is 61.5. The maximum atomic E-state index is 13.0. The van der Waals surface area contributed by atoms with E-state index in [1.54, 1.807) is 0 Å². The summed E-state index contributed by atoms with van der Waals surface area (Å²) in [6, 6.07) is 0. The number of phosphoric ester groups is 2. The molecule has 0 fully saturated rings. The SMILES string of the molecule is CCCCCCCCCCCCCCCCCCCC(=O)O[C@H](COC(=O)CCCCCCCCCCCCCCCC(C)C)COP(=O)(O)OC[C@@H](O)COP(=O)(O)OC[C@@H](COC(=O)CCCCCCCCC(C)C)OC(=O)CCCCCCCCC(C)C. The molecule has 17 nitrogen and oxygen atoms in total. The van der Waals surface area contributed by atoms with E-state index in [2.05, 4.69) is 48.5 Å². The van der Waals surface area contributed by atoms with E-state index >= 15 is 0 Å². The first kappa shape index (κ1) is 89.1. The van der Waals surface area contributed by atoms with Crippen LogP contribution in [0.25, 0.3) is 0 Å². The van der Waals surface area contributed by atoms with Gasteiger partial charge in [0.2, 0.25) is 0 Å². The standard InChI is InChI=1S/C72H140O17P2/c1-8-9-10-11-12-13-14-15-16-17-18-21-25-28-31-41-48-55-71(76)88-67(59-82-69(74)53-46-39-30-27-24-22-19-20-23-26-29-36-43-50-63(2)3)61-86-90(78,79)84-57-66(73)58-85-91(80,81)87-62-68(89-72(77)56-49-42-35-33-38-45-52-65(6)7)60-83-70(75)54-47-40-34-32-37-44-51-64(4)5/h63-68,73H,8-62H2,1-7H3,(H,78,79)(H,80,81)/t66-,67-,68-/m1/s1. The Hall–Kier alpha value is -1.94. The summed E-state index contributed by atoms with van der Waals surface area (Å²) in [6.07, 6.45) is 47.6. The molecule has 0 saturated carbocycles. The summed E-state index contributed by atoms with van der Waals surface area (Å²) in [7, 11) is -9.90. The van der Waals surface area contributed by atoms with Crippen molar-refractivity contribution in [3.63, 3.8) is 0 Å². The van der Waals surface area contributed by atoms with Crippen LogP contribution in [0.4, 0.5) is 0 Å². The lowest BCUT2D eigenvalue weighted by Crippen LogP contribution is -2.30. The number of ether oxygens (including phenoxy) is 4. The van der Waals surface area contributed by atoms with Gasteiger partial charge < -0.3 is 33.8 Å². The van der Waals surface area contributed by atoms with Crippen molar-refractivity contribution in [3.8, 4) is 0 Å². The summed E-state index contributed by atoms with van der Waals surface area (Å²) < 4.78 is 68.3. The van der Waals surface area contributed by atoms with Gasteiger partial charge in [0.15, 0.2) is 12.2 Å². The predicted molar refractivity (Wildman–Crippen MR) is 368 cm³/mol. The molecule has 0 aromatic heterocycles. The van der Waals surface area contributed by atoms with Crippen molar-refractivity contribution in [3.05, 3.63) is 0 Å². The van der Waals surface area contributed by atoms with E-state index in [4.69, 9.17) is 37.0 Å². The molecule has 0 aromatic rings. The third-order valence-electron chi connectivity index (χ3n) is 16.6. The Labute approximate surface area is 556 Å². The molecule has 91 heavy (non-hydrogen) atoms. The van der Waals surface area contributed by atoms with E-state index in [0.29, 0.717) is 37.5 Å². The second-order valence-electron chi connectivity index (χ2n) is 27.4. The number of aliphatic hydroxyl groups is 1. The minimum Gasteiger partial charge on any atom is -0.462 e. The summed E-state index contributed by atoms with van der Waals surface area (Å²) in [5, 5.41) is 10.6. The zero-order valence-electron chi connectivity index (χ0n) is 59.3. The number of carbonyl (C=O) groups is 4. The molecule has 3 N–H and O–H groups in total. The van der Waals surface area contributed by atoms with E-state index in [9.17, 15) is 43.2 Å². The van der Waals surface area contributed by atoms with Crippen LogP contribution in [0.1, 0.15) is 363 Å². The van der Waals surface area contributed by atoms with Crippen LogP contribution in [0.15, 0.2) is 0 Å². The maximum absolute atomic E-state index is 13.0. The second kappa shape index (κ2) is 62.8. The van der Waals surface area contributed by atoms with Gasteiger partial charge in [-0.25, -0.2) is 9.13 Å². The first-order valence-corrected chi connectivity index (χ1v) is 40.3. The molecule has 0 aliphatic carbocycles. The normalized spacial score (nSPS) is 14.2. The number of aliphatic hydroxyl groups excluding tert-OH is 1. The van der Waals surface area contributed by atoms with Crippen molar-refractivity contribution in [1.29, 1.82) is 0 Å². The number of phosphoric acid groups is 2. The summed E-state index contributed by atoms with van der Waals surface area (Å²) in [6.45, 7) is 11.7. The third-order valence-corrected chi connectivity index (χ3v) is 18.5. The van der Waals surface area contributed by atoms with Crippen LogP contribution in [0, 0.1) is 17.8 Å². The Morgan fingerprint density at radius 2 is 0.505 bits per heavy atom. The summed E-state index contributed by atoms with van der Waals surface area (Å²) >= 11 is 0. The quantitative estimate of drug-likeness (QED) is 0.0222. The number of hydrogen-bond acceptors (Lipinski definition) is 15. The smallest absolute Gasteiger partial charge is 0.462 e. The van der Waals surface area contributed by atoms with E-state index in [1.807, 2.05) is 0 Å². The lowest BCUT2D eigenvalue weighted by atomic mass is 10.0. The maximum Gasteiger partial charge on any atom is 0.472 e. The number of unbranched alkanes of at least 4 members (excludes halogenated alkanes) is 38. The van der Waals surface area contributed by atoms with Crippen molar-refractivity contribution in [2.24, 2.45) is 17.8 Å². The van der Waals surface area contributed by atoms with E-state index in [1.165, 1.54) is 167 Å². The van der Waals surface area contributed by atoms with Crippen LogP contribution < -0.4 is 0 Å². The topological polar surface area (TPSA) is 237 Å². The highest BCUT2D eigenvalue weighted by molar-refractivity contribution is 7.47. The Morgan fingerprint density at radius 1 is 0.297 bits per heavy atom. The van der Waals surface area contributed by atoms with Crippen LogP contribution in [0.3, 0.4) is 0 Å². The molecule has 0 bridgehead atoms. The van der Waals surface area contributed by atoms with Crippen molar-refractivity contribution in [2.75, 3.05) is 39.6 Å². The first-order chi connectivity index (χ1) is 43.7. The fourth-order valence-electron chi connectivity index (χ4n) is 10.9. The first-order valence-electron chi connectivity index (χ1n) is 37.3. The molecule has 0 aromatic carbocycles. The van der Waals surface area contributed by atoms with Gasteiger partial charge in [-0.15, -0.1) is 0 Å². The number of rotatable bonds is 70. The number of carbonyl (C=O) groups excluding carboxylic acids is 4. The molecular weight excluding hydrogens is 1200 g/mol. The van der Waals surface area contributed by atoms with Crippen molar-refractivity contribution in [2.45, 2.75) is 381 Å². The molecule has 0 saturated heterocycles. The molecule has 0 spiro atoms. The highest BCUT2D eigenvalue weighted by atomic mass is 31.2. The fourth-order valence-corrected chi connectivity index (χ4v) is 12.5. The highest BCUT2D eigenvalue weighted by Crippen LogP contribution is 2.45. The van der Waals surface area contributed by atoms with Crippen molar-refractivity contribution >= 4 is 39.5 Å². The minimum absolute atomic E-state index is 0.101. The lowest BCUT2D eigenvalue weighted by Gasteiger charge is -2.21. The fraction of sp³-hybridized carbons (Fsp3) is 0.944. The largest absolute Gasteiger partial charge is 0.472 e. The Balaban J connectivity index is 5.21. The third kappa shape index (κ3) is 66.5. The van der Waals surface area contributed by atoms with Crippen LogP contribution in [0.2, 0.25) is 0 Å². The Bertz CT molecular complexity index is 1780. The zero-order valence-corrected chi connectivity index (χ0v) is 61.1. The van der Waals surface area contributed by atoms with E-state index in [0.717, 1.165) is 102 Å². The lowest BCUT2D eigenvalue weighted by molar-refractivity contribution is -0.161. The molecular formula is C72H140O17P2. The van der Waals surface area contributed by atoms with Gasteiger partial charge in [0, 0.05) is 25.7 Å². The van der Waals surface area contributed by atoms with Gasteiger partial charge >= 0.3 is 39.5 Å². The molecule has 0 aliphatic heterocycles. The van der Waals surface area contributed by atoms with Gasteiger partial charge in [0.1, 0.15) is 19.3 Å². The van der Waals surface area contributed by atoms with Crippen LogP contribution in [-0.4, -0.2) is 96.7 Å². The summed E-state index contributed by atoms with van der Waals surface area (Å²) in [4.78, 5) is 72.5. The molecule has 0 heterocycles. The predicted octanol–water partition coefficient (Wildman–Crippen LogP) is 20.6. The van der Waals surface area contributed by atoms with Crippen LogP contribution in [0.5, 0.6) is 0 Å². The molecule has 540 valence electrons. The van der Waals surface area contributed by atoms with Gasteiger partial charge in [-0.1, -0.05) is 312 Å². The molecule has 5 atom stereocenters. The van der Waals surface area contributed by atoms with Gasteiger partial charge in [-0.3, -0.25) is 37.3 Å². The van der Waals surface area contributed by atoms with Crippen LogP contribution in [-0.2, 0) is 65.4 Å². The van der Waals surface area contributed by atoms with E-state index < -0.39 is 97.5 Å². The van der Waals surface area contributed by atoms with Crippen LogP contribution >= 0.6 is 15.6 Å². The van der Waals surface area contributed by atoms with Gasteiger partial charge in [-0.2, -0.15) is 0 Å². The van der Waals surface area contributed by atoms with Crippen molar-refractivity contribution in [1.82, 2.24) is 0 Å². The second-order valence-corrected chi connectivity index (χ2v) is 30.3. The minimum atomic E-state index is -4.95. The molecule has 0 rings (SSSR count). The zero-order chi connectivity index (χ0) is 67.3. The van der Waals surface area contributed by atoms with Gasteiger partial charge in [0.25, 0.3) is 0 Å². The number of hydrogen-bond donors (Lipinski definition) is 3. The van der Waals surface area contributed by atoms with E-state index in [-0.39, 0.29) is 25.7 Å². The molecule has 2 unspecified atom stereocenters. The van der Waals surface area contributed by atoms with Gasteiger partial charge in [-0.05, 0) is 43.4 Å². The summed E-state index contributed by atoms with van der Waals surface area (Å²) in [5.41, 5.74) is 0. The average Bonchev–Trinajstić information content (AvgIpc) is 3.25. The molecule has 0 amide bonds. The van der Waals surface area contributed by atoms with Crippen molar-refractivity contribution < 1.29 is 80.2 Å². The number of esters is 4. The Morgan fingerprint density at radius 3 is 0.747 bits per heavy atom. The molecule has 0 radical (unpaired) electrons. The molecule has 0 aliphatic rings. The van der Waals surface area contributed by atoms with Gasteiger partial charge in [0.05, 0.1) is 26.4 Å². The highest BCUT2D eigenvalue weighted by Gasteiger charge is 2.30. The monoisotopic (exact) mass is 1340 g/mol. The summed E-state index contributed by atoms with van der Waals surface area (Å²) in [5.74, 6) is 0.0105. The molecule has 19 heteroatoms.